The number of nitrogens with zero attached hydrogens (tertiary/aromatic N) is 3. The average molecular weight is 1110 g/mol. The van der Waals surface area contributed by atoms with Gasteiger partial charge in [-0.1, -0.05) is 217 Å². The largest absolute Gasteiger partial charge is 0.311 e. The molecule has 414 valence electrons. The summed E-state index contributed by atoms with van der Waals surface area (Å²) in [6.07, 6.45) is 1.02. The molecule has 84 heavy (non-hydrogen) atoms. The maximum Gasteiger partial charge on any atom is 0.264 e. The Bertz CT molecular complexity index is 4500. The number of hydrogen-bond acceptors (Lipinski definition) is 4. The number of anilines is 9. The van der Waals surface area contributed by atoms with Crippen LogP contribution in [-0.4, -0.2) is 6.71 Å². The van der Waals surface area contributed by atoms with E-state index >= 15 is 0 Å². The summed E-state index contributed by atoms with van der Waals surface area (Å²) < 4.78 is 2.68. The van der Waals surface area contributed by atoms with E-state index in [1.807, 2.05) is 11.3 Å². The maximum atomic E-state index is 2.67. The van der Waals surface area contributed by atoms with Crippen molar-refractivity contribution in [2.45, 2.75) is 111 Å². The van der Waals surface area contributed by atoms with E-state index in [-0.39, 0.29) is 28.4 Å². The molecule has 0 N–H and O–H groups in total. The fourth-order valence-electron chi connectivity index (χ4n) is 13.4. The summed E-state index contributed by atoms with van der Waals surface area (Å²) in [5.74, 6) is 0. The van der Waals surface area contributed by atoms with Crippen molar-refractivity contribution in [1.29, 1.82) is 0 Å². The van der Waals surface area contributed by atoms with Gasteiger partial charge in [0, 0.05) is 54.6 Å². The molecule has 3 heterocycles. The first kappa shape index (κ1) is 53.6. The third-order valence-corrected chi connectivity index (χ3v) is 19.8. The van der Waals surface area contributed by atoms with Crippen LogP contribution < -0.4 is 30.4 Å². The predicted molar refractivity (Wildman–Crippen MR) is 368 cm³/mol. The summed E-state index contributed by atoms with van der Waals surface area (Å²) in [6.45, 7) is 28.1. The van der Waals surface area contributed by atoms with Crippen LogP contribution in [0.4, 0.5) is 51.2 Å². The van der Waals surface area contributed by atoms with E-state index < -0.39 is 0 Å². The van der Waals surface area contributed by atoms with Crippen LogP contribution in [0.1, 0.15) is 112 Å². The topological polar surface area (TPSA) is 9.72 Å². The lowest BCUT2D eigenvalue weighted by molar-refractivity contribution is 0.506. The van der Waals surface area contributed by atoms with Crippen molar-refractivity contribution in [3.05, 3.63) is 241 Å². The Morgan fingerprint density at radius 1 is 0.393 bits per heavy atom. The first-order chi connectivity index (χ1) is 40.3. The van der Waals surface area contributed by atoms with Gasteiger partial charge in [0.1, 0.15) is 0 Å². The summed E-state index contributed by atoms with van der Waals surface area (Å²) in [7, 11) is 0. The lowest BCUT2D eigenvalue weighted by atomic mass is 9.36. The Balaban J connectivity index is 1.14. The molecule has 0 saturated heterocycles. The lowest BCUT2D eigenvalue weighted by Crippen LogP contribution is -2.60. The number of thiophene rings is 1. The van der Waals surface area contributed by atoms with Crippen molar-refractivity contribution < 1.29 is 0 Å². The fraction of sp³-hybridized carbons (Fsp3) is 0.215. The van der Waals surface area contributed by atoms with Crippen LogP contribution in [0.5, 0.6) is 0 Å². The monoisotopic (exact) mass is 1110 g/mol. The number of fused-ring (bicyclic) bond motifs is 12. The summed E-state index contributed by atoms with van der Waals surface area (Å²) in [5.41, 5.74) is 20.6. The first-order valence-electron chi connectivity index (χ1n) is 30.3. The standard InChI is InChI=1S/C79H74BN3S/c1-13-79(11,12)54-36-42-69-67(47-54)80-73-70(82(57-38-33-51(34-39-57)76(2,3)4)74-66-46-53(78(8,9)10)37-43-72(66)84-75(74)80)48-58(81(55-24-16-14-17-25-55)56-26-18-15-19-27-56)49-71(73)83(69)68-41-35-52(77(5,6)7)45-64(68)50-32-40-63-61-30-21-20-28-59(61)60-29-22-23-31-62(60)65(63)44-50/h14-49H,13H2,1-12H3. The van der Waals surface area contributed by atoms with Gasteiger partial charge in [0.2, 0.25) is 0 Å². The van der Waals surface area contributed by atoms with Crippen molar-refractivity contribution >= 4 is 127 Å². The predicted octanol–water partition coefficient (Wildman–Crippen LogP) is 21.2. The van der Waals surface area contributed by atoms with Crippen LogP contribution in [0.3, 0.4) is 0 Å². The summed E-state index contributed by atoms with van der Waals surface area (Å²) in [5, 5.41) is 8.95. The van der Waals surface area contributed by atoms with Crippen molar-refractivity contribution in [2.75, 3.05) is 14.7 Å². The molecule has 0 aliphatic carbocycles. The minimum atomic E-state index is -0.114. The minimum absolute atomic E-state index is 0.0152. The first-order valence-corrected chi connectivity index (χ1v) is 31.1. The van der Waals surface area contributed by atoms with E-state index in [2.05, 4.69) is 316 Å². The highest BCUT2D eigenvalue weighted by molar-refractivity contribution is 7.33. The molecule has 0 bridgehead atoms. The second-order valence-electron chi connectivity index (χ2n) is 27.4. The third-order valence-electron chi connectivity index (χ3n) is 18.6. The molecule has 0 unspecified atom stereocenters. The van der Waals surface area contributed by atoms with Crippen molar-refractivity contribution in [3.63, 3.8) is 0 Å². The smallest absolute Gasteiger partial charge is 0.264 e. The molecule has 0 saturated carbocycles. The van der Waals surface area contributed by atoms with Crippen LogP contribution in [0.2, 0.25) is 0 Å². The van der Waals surface area contributed by atoms with Gasteiger partial charge >= 0.3 is 0 Å². The molecule has 2 aliphatic heterocycles. The van der Waals surface area contributed by atoms with Gasteiger partial charge in [-0.05, 0) is 184 Å². The molecule has 12 aromatic rings. The second kappa shape index (κ2) is 19.6. The second-order valence-corrected chi connectivity index (χ2v) is 28.5. The highest BCUT2D eigenvalue weighted by atomic mass is 32.1. The number of benzene rings is 11. The Labute approximate surface area is 501 Å². The Morgan fingerprint density at radius 2 is 0.893 bits per heavy atom. The third kappa shape index (κ3) is 8.75. The van der Waals surface area contributed by atoms with E-state index in [0.29, 0.717) is 0 Å². The van der Waals surface area contributed by atoms with E-state index in [0.717, 1.165) is 34.9 Å². The van der Waals surface area contributed by atoms with E-state index in [1.165, 1.54) is 114 Å². The zero-order valence-corrected chi connectivity index (χ0v) is 51.6. The summed E-state index contributed by atoms with van der Waals surface area (Å²) in [6, 6.07) is 83.9. The fourth-order valence-corrected chi connectivity index (χ4v) is 14.7. The van der Waals surface area contributed by atoms with Crippen molar-refractivity contribution in [1.82, 2.24) is 0 Å². The van der Waals surface area contributed by atoms with Crippen LogP contribution in [-0.2, 0) is 21.7 Å². The molecule has 3 nitrogen and oxygen atoms in total. The highest BCUT2D eigenvalue weighted by Gasteiger charge is 2.47. The van der Waals surface area contributed by atoms with Gasteiger partial charge in [-0.25, -0.2) is 0 Å². The average Bonchev–Trinajstić information content (AvgIpc) is 1.32. The molecular formula is C79H74BN3S. The van der Waals surface area contributed by atoms with E-state index in [4.69, 9.17) is 0 Å². The Kier molecular flexibility index (Phi) is 12.5. The number of rotatable bonds is 8. The number of para-hydroxylation sites is 2. The van der Waals surface area contributed by atoms with E-state index in [9.17, 15) is 0 Å². The molecule has 1 aromatic heterocycles. The molecule has 2 aliphatic rings. The highest BCUT2D eigenvalue weighted by Crippen LogP contribution is 2.53. The van der Waals surface area contributed by atoms with Gasteiger partial charge < -0.3 is 14.7 Å². The molecule has 14 rings (SSSR count). The van der Waals surface area contributed by atoms with Crippen LogP contribution in [0.15, 0.2) is 218 Å². The normalized spacial score (nSPS) is 13.5. The molecule has 5 heteroatoms. The molecule has 0 amide bonds. The summed E-state index contributed by atoms with van der Waals surface area (Å²) >= 11 is 1.98. The minimum Gasteiger partial charge on any atom is -0.311 e. The Hall–Kier alpha value is -8.38. The van der Waals surface area contributed by atoms with Gasteiger partial charge in [0.25, 0.3) is 6.71 Å². The van der Waals surface area contributed by atoms with Gasteiger partial charge in [-0.15, -0.1) is 11.3 Å². The van der Waals surface area contributed by atoms with E-state index in [1.54, 1.807) is 0 Å². The molecular weight excluding hydrogens is 1030 g/mol. The zero-order valence-electron chi connectivity index (χ0n) is 50.8. The van der Waals surface area contributed by atoms with Gasteiger partial charge in [0.05, 0.1) is 17.1 Å². The van der Waals surface area contributed by atoms with Crippen LogP contribution >= 0.6 is 11.3 Å². The quantitative estimate of drug-likeness (QED) is 0.111. The van der Waals surface area contributed by atoms with Crippen LogP contribution in [0, 0.1) is 0 Å². The Morgan fingerprint density at radius 3 is 1.48 bits per heavy atom. The summed E-state index contributed by atoms with van der Waals surface area (Å²) in [4.78, 5) is 7.80. The van der Waals surface area contributed by atoms with Crippen molar-refractivity contribution in [3.8, 4) is 11.1 Å². The van der Waals surface area contributed by atoms with Crippen LogP contribution in [0.25, 0.3) is 53.5 Å². The molecule has 11 aromatic carbocycles. The zero-order chi connectivity index (χ0) is 58.2. The molecule has 0 atom stereocenters. The number of hydrogen-bond donors (Lipinski definition) is 0. The maximum absolute atomic E-state index is 2.67. The molecule has 0 radical (unpaired) electrons. The molecule has 0 spiro atoms. The SMILES string of the molecule is CCC(C)(C)c1ccc2c(c1)B1c3sc4ccc(C(C)(C)C)cc4c3N(c3ccc(C(C)(C)C)cc3)c3cc(N(c4ccccc4)c4ccccc4)cc(c31)N2c1ccc(C(C)(C)C)cc1-c1ccc2c3ccccc3c3ccccc3c2c1. The van der Waals surface area contributed by atoms with Crippen molar-refractivity contribution in [2.24, 2.45) is 0 Å². The molecule has 0 fully saturated rings. The van der Waals surface area contributed by atoms with Gasteiger partial charge in [0.15, 0.2) is 0 Å². The lowest BCUT2D eigenvalue weighted by Gasteiger charge is -2.45. The van der Waals surface area contributed by atoms with Gasteiger partial charge in [-0.2, -0.15) is 0 Å². The van der Waals surface area contributed by atoms with Gasteiger partial charge in [-0.3, -0.25) is 0 Å².